The summed E-state index contributed by atoms with van der Waals surface area (Å²) in [6, 6.07) is 0. The second kappa shape index (κ2) is 5.96. The second-order valence-electron chi connectivity index (χ2n) is 4.84. The average molecular weight is 252 g/mol. The first-order chi connectivity index (χ1) is 8.40. The highest BCUT2D eigenvalue weighted by Gasteiger charge is 2.43. The van der Waals surface area contributed by atoms with Crippen LogP contribution in [-0.4, -0.2) is 27.9 Å². The Kier molecular flexibility index (Phi) is 4.84. The molecule has 100 valence electrons. The maximum Gasteiger partial charge on any atom is 0.176 e. The molecule has 0 aromatic heterocycles. The maximum absolute atomic E-state index is 12.0. The minimum atomic E-state index is -1.24. The van der Waals surface area contributed by atoms with Gasteiger partial charge < -0.3 is 10.2 Å². The van der Waals surface area contributed by atoms with Crippen molar-refractivity contribution in [3.05, 3.63) is 23.5 Å². The number of Topliss-reactive ketones (excluding diaryl/α,β-unsaturated/α-hetero) is 2. The molecule has 2 atom stereocenters. The smallest absolute Gasteiger partial charge is 0.176 e. The summed E-state index contributed by atoms with van der Waals surface area (Å²) >= 11 is 0. The van der Waals surface area contributed by atoms with E-state index in [4.69, 9.17) is 0 Å². The number of hydrogen-bond acceptors (Lipinski definition) is 4. The van der Waals surface area contributed by atoms with Crippen LogP contribution in [0.3, 0.4) is 0 Å². The van der Waals surface area contributed by atoms with Crippen LogP contribution < -0.4 is 0 Å². The molecule has 0 amide bonds. The molecule has 0 saturated heterocycles. The normalized spacial score (nSPS) is 23.6. The minimum absolute atomic E-state index is 0.198. The first-order valence-corrected chi connectivity index (χ1v) is 6.23. The third-order valence-corrected chi connectivity index (χ3v) is 3.14. The Labute approximate surface area is 107 Å². The molecular formula is C14H20O4. The standard InChI is InChI=1S/C14H20O4/c1-4-5-10(15)11-12(16)9(7-6-8(2)3)13(17)14(11)18/h9,13,17-18H,2,4-7H2,1,3H3. The molecule has 0 radical (unpaired) electrons. The Morgan fingerprint density at radius 3 is 2.50 bits per heavy atom. The van der Waals surface area contributed by atoms with Crippen molar-refractivity contribution in [1.29, 1.82) is 0 Å². The van der Waals surface area contributed by atoms with Gasteiger partial charge in [0.2, 0.25) is 0 Å². The lowest BCUT2D eigenvalue weighted by Crippen LogP contribution is -2.23. The van der Waals surface area contributed by atoms with Crippen molar-refractivity contribution >= 4 is 11.6 Å². The van der Waals surface area contributed by atoms with E-state index in [1.165, 1.54) is 0 Å². The number of carbonyl (C=O) groups is 2. The molecule has 18 heavy (non-hydrogen) atoms. The van der Waals surface area contributed by atoms with E-state index < -0.39 is 23.6 Å². The lowest BCUT2D eigenvalue weighted by atomic mass is 9.93. The third-order valence-electron chi connectivity index (χ3n) is 3.14. The van der Waals surface area contributed by atoms with Crippen LogP contribution in [0, 0.1) is 5.92 Å². The number of aliphatic hydroxyl groups is 2. The predicted molar refractivity (Wildman–Crippen MR) is 68.1 cm³/mol. The molecule has 1 rings (SSSR count). The van der Waals surface area contributed by atoms with Gasteiger partial charge in [-0.05, 0) is 26.2 Å². The van der Waals surface area contributed by atoms with Gasteiger partial charge in [0.1, 0.15) is 17.4 Å². The van der Waals surface area contributed by atoms with Crippen LogP contribution in [-0.2, 0) is 9.59 Å². The fraction of sp³-hybridized carbons (Fsp3) is 0.571. The zero-order valence-electron chi connectivity index (χ0n) is 10.9. The van der Waals surface area contributed by atoms with Crippen molar-refractivity contribution in [2.24, 2.45) is 5.92 Å². The van der Waals surface area contributed by atoms with Gasteiger partial charge in [-0.25, -0.2) is 0 Å². The summed E-state index contributed by atoms with van der Waals surface area (Å²) in [4.78, 5) is 23.8. The molecule has 4 nitrogen and oxygen atoms in total. The number of aliphatic hydroxyl groups excluding tert-OH is 2. The van der Waals surface area contributed by atoms with Crippen LogP contribution in [0.4, 0.5) is 0 Å². The van der Waals surface area contributed by atoms with Gasteiger partial charge in [0.05, 0.1) is 5.92 Å². The van der Waals surface area contributed by atoms with Gasteiger partial charge in [0, 0.05) is 6.42 Å². The van der Waals surface area contributed by atoms with Crippen LogP contribution >= 0.6 is 0 Å². The Balaban J connectivity index is 2.85. The van der Waals surface area contributed by atoms with Gasteiger partial charge in [-0.1, -0.05) is 12.5 Å². The van der Waals surface area contributed by atoms with Crippen molar-refractivity contribution in [2.45, 2.75) is 45.6 Å². The molecule has 0 spiro atoms. The largest absolute Gasteiger partial charge is 0.509 e. The van der Waals surface area contributed by atoms with Crippen molar-refractivity contribution in [3.63, 3.8) is 0 Å². The van der Waals surface area contributed by atoms with E-state index in [-0.39, 0.29) is 17.8 Å². The Morgan fingerprint density at radius 1 is 1.39 bits per heavy atom. The molecule has 2 unspecified atom stereocenters. The van der Waals surface area contributed by atoms with E-state index in [0.717, 1.165) is 5.57 Å². The summed E-state index contributed by atoms with van der Waals surface area (Å²) in [5.41, 5.74) is 0.707. The molecule has 2 N–H and O–H groups in total. The fourth-order valence-electron chi connectivity index (χ4n) is 2.12. The van der Waals surface area contributed by atoms with Crippen molar-refractivity contribution in [2.75, 3.05) is 0 Å². The first kappa shape index (κ1) is 14.6. The summed E-state index contributed by atoms with van der Waals surface area (Å²) in [5, 5.41) is 19.5. The molecule has 0 heterocycles. The topological polar surface area (TPSA) is 74.6 Å². The number of hydrogen-bond donors (Lipinski definition) is 2. The zero-order valence-corrected chi connectivity index (χ0v) is 10.9. The number of carbonyl (C=O) groups excluding carboxylic acids is 2. The molecule has 0 aromatic rings. The summed E-state index contributed by atoms with van der Waals surface area (Å²) in [6.07, 6.45) is 0.575. The highest BCUT2D eigenvalue weighted by atomic mass is 16.3. The summed E-state index contributed by atoms with van der Waals surface area (Å²) in [5.74, 6) is -1.97. The van der Waals surface area contributed by atoms with E-state index in [2.05, 4.69) is 6.58 Å². The molecule has 1 aliphatic rings. The summed E-state index contributed by atoms with van der Waals surface area (Å²) in [6.45, 7) is 7.39. The Bertz CT molecular complexity index is 406. The maximum atomic E-state index is 12.0. The average Bonchev–Trinajstić information content (AvgIpc) is 2.48. The van der Waals surface area contributed by atoms with Gasteiger partial charge >= 0.3 is 0 Å². The second-order valence-corrected chi connectivity index (χ2v) is 4.84. The molecule has 0 bridgehead atoms. The van der Waals surface area contributed by atoms with Gasteiger partial charge in [0.25, 0.3) is 0 Å². The highest BCUT2D eigenvalue weighted by molar-refractivity contribution is 6.23. The first-order valence-electron chi connectivity index (χ1n) is 6.23. The van der Waals surface area contributed by atoms with Crippen LogP contribution in [0.25, 0.3) is 0 Å². The molecule has 0 saturated carbocycles. The minimum Gasteiger partial charge on any atom is -0.509 e. The zero-order chi connectivity index (χ0) is 13.9. The summed E-state index contributed by atoms with van der Waals surface area (Å²) < 4.78 is 0. The molecular weight excluding hydrogens is 232 g/mol. The highest BCUT2D eigenvalue weighted by Crippen LogP contribution is 2.32. The van der Waals surface area contributed by atoms with Crippen LogP contribution in [0.1, 0.15) is 39.5 Å². The van der Waals surface area contributed by atoms with Crippen LogP contribution in [0.5, 0.6) is 0 Å². The van der Waals surface area contributed by atoms with Crippen molar-refractivity contribution < 1.29 is 19.8 Å². The van der Waals surface area contributed by atoms with Crippen molar-refractivity contribution in [1.82, 2.24) is 0 Å². The number of allylic oxidation sites excluding steroid dienone is 2. The van der Waals surface area contributed by atoms with E-state index in [1.807, 2.05) is 13.8 Å². The Morgan fingerprint density at radius 2 is 2.00 bits per heavy atom. The van der Waals surface area contributed by atoms with E-state index in [0.29, 0.717) is 19.3 Å². The number of rotatable bonds is 6. The van der Waals surface area contributed by atoms with E-state index in [1.54, 1.807) is 0 Å². The monoisotopic (exact) mass is 252 g/mol. The lowest BCUT2D eigenvalue weighted by Gasteiger charge is -2.13. The molecule has 0 fully saturated rings. The molecule has 1 aliphatic carbocycles. The van der Waals surface area contributed by atoms with Crippen molar-refractivity contribution in [3.8, 4) is 0 Å². The van der Waals surface area contributed by atoms with Gasteiger partial charge in [0.15, 0.2) is 11.6 Å². The molecule has 0 aromatic carbocycles. The van der Waals surface area contributed by atoms with Gasteiger partial charge in [-0.3, -0.25) is 9.59 Å². The molecule has 4 heteroatoms. The van der Waals surface area contributed by atoms with E-state index in [9.17, 15) is 19.8 Å². The third kappa shape index (κ3) is 2.88. The number of ketones is 2. The molecule has 0 aliphatic heterocycles. The fourth-order valence-corrected chi connectivity index (χ4v) is 2.12. The summed E-state index contributed by atoms with van der Waals surface area (Å²) in [7, 11) is 0. The quantitative estimate of drug-likeness (QED) is 0.560. The Hall–Kier alpha value is -1.42. The SMILES string of the molecule is C=C(C)CCC1C(=O)C(C(=O)CCC)=C(O)C1O. The van der Waals surface area contributed by atoms with Crippen LogP contribution in [0.15, 0.2) is 23.5 Å². The van der Waals surface area contributed by atoms with E-state index >= 15 is 0 Å². The van der Waals surface area contributed by atoms with Gasteiger partial charge in [-0.2, -0.15) is 0 Å². The van der Waals surface area contributed by atoms with Crippen LogP contribution in [0.2, 0.25) is 0 Å². The van der Waals surface area contributed by atoms with Gasteiger partial charge in [-0.15, -0.1) is 6.58 Å². The lowest BCUT2D eigenvalue weighted by molar-refractivity contribution is -0.124. The predicted octanol–water partition coefficient (Wildman–Crippen LogP) is 2.08.